The number of hydrogen-bond acceptors (Lipinski definition) is 4. The van der Waals surface area contributed by atoms with E-state index < -0.39 is 10.0 Å². The lowest BCUT2D eigenvalue weighted by Crippen LogP contribution is -2.46. The number of sulfonamides is 1. The van der Waals surface area contributed by atoms with Crippen molar-refractivity contribution in [1.82, 2.24) is 0 Å². The van der Waals surface area contributed by atoms with E-state index in [-0.39, 0.29) is 17.9 Å². The number of rotatable bonds is 7. The first-order valence-corrected chi connectivity index (χ1v) is 10.7. The summed E-state index contributed by atoms with van der Waals surface area (Å²) in [7, 11) is -3.32. The molecule has 25 heavy (non-hydrogen) atoms. The number of carbonyl (C=O) groups excluding carboxylic acids is 1. The molecule has 0 spiro atoms. The van der Waals surface area contributed by atoms with Gasteiger partial charge >= 0.3 is 0 Å². The Hall–Kier alpha value is -1.60. The number of amides is 1. The standard InChI is InChI=1S/C18H28N2O4S/c1-4-14(5-2)18(21)20(17-10-12-24-13-11-17)16-8-6-15(7-9-16)19-25(3,22)23/h6-9,14,17,19H,4-5,10-13H2,1-3H3. The molecule has 140 valence electrons. The predicted octanol–water partition coefficient (Wildman–Crippen LogP) is 3.01. The number of nitrogens with one attached hydrogen (secondary N) is 1. The summed E-state index contributed by atoms with van der Waals surface area (Å²) in [5.41, 5.74) is 1.30. The third kappa shape index (κ3) is 5.44. The van der Waals surface area contributed by atoms with Gasteiger partial charge < -0.3 is 9.64 Å². The van der Waals surface area contributed by atoms with E-state index in [9.17, 15) is 13.2 Å². The van der Waals surface area contributed by atoms with Crippen LogP contribution in [-0.4, -0.2) is 39.8 Å². The number of carbonyl (C=O) groups is 1. The SMILES string of the molecule is CCC(CC)C(=O)N(c1ccc(NS(C)(=O)=O)cc1)C1CCOCC1. The Morgan fingerprint density at radius 1 is 1.20 bits per heavy atom. The smallest absolute Gasteiger partial charge is 0.230 e. The van der Waals surface area contributed by atoms with Gasteiger partial charge in [0.1, 0.15) is 0 Å². The lowest BCUT2D eigenvalue weighted by molar-refractivity contribution is -0.123. The van der Waals surface area contributed by atoms with Crippen LogP contribution in [0.4, 0.5) is 11.4 Å². The molecule has 1 amide bonds. The molecule has 7 heteroatoms. The van der Waals surface area contributed by atoms with Gasteiger partial charge in [-0.25, -0.2) is 8.42 Å². The minimum atomic E-state index is -3.32. The molecule has 1 aliphatic rings. The van der Waals surface area contributed by atoms with Gasteiger partial charge in [-0.1, -0.05) is 13.8 Å². The highest BCUT2D eigenvalue weighted by Crippen LogP contribution is 2.28. The zero-order chi connectivity index (χ0) is 18.4. The molecule has 0 unspecified atom stereocenters. The Morgan fingerprint density at radius 2 is 1.76 bits per heavy atom. The van der Waals surface area contributed by atoms with Gasteiger partial charge in [0.05, 0.1) is 6.26 Å². The molecule has 1 aliphatic heterocycles. The van der Waals surface area contributed by atoms with E-state index >= 15 is 0 Å². The second-order valence-electron chi connectivity index (χ2n) is 6.49. The van der Waals surface area contributed by atoms with Crippen LogP contribution in [0.3, 0.4) is 0 Å². The van der Waals surface area contributed by atoms with E-state index in [1.54, 1.807) is 12.1 Å². The third-order valence-corrected chi connectivity index (χ3v) is 5.18. The molecule has 1 N–H and O–H groups in total. The molecule has 1 heterocycles. The fraction of sp³-hybridized carbons (Fsp3) is 0.611. The van der Waals surface area contributed by atoms with Gasteiger partial charge in [0, 0.05) is 36.5 Å². The molecule has 0 atom stereocenters. The van der Waals surface area contributed by atoms with Crippen molar-refractivity contribution in [2.75, 3.05) is 29.1 Å². The maximum Gasteiger partial charge on any atom is 0.230 e. The molecule has 6 nitrogen and oxygen atoms in total. The van der Waals surface area contributed by atoms with Crippen molar-refractivity contribution in [2.45, 2.75) is 45.6 Å². The zero-order valence-corrected chi connectivity index (χ0v) is 16.0. The highest BCUT2D eigenvalue weighted by atomic mass is 32.2. The van der Waals surface area contributed by atoms with Crippen molar-refractivity contribution in [2.24, 2.45) is 5.92 Å². The van der Waals surface area contributed by atoms with Crippen molar-refractivity contribution in [3.8, 4) is 0 Å². The van der Waals surface area contributed by atoms with Gasteiger partial charge in [0.25, 0.3) is 0 Å². The van der Waals surface area contributed by atoms with Gasteiger partial charge in [-0.2, -0.15) is 0 Å². The van der Waals surface area contributed by atoms with Gasteiger partial charge in [-0.15, -0.1) is 0 Å². The molecule has 1 aromatic rings. The molecule has 1 fully saturated rings. The molecule has 0 saturated carbocycles. The summed E-state index contributed by atoms with van der Waals surface area (Å²) in [5, 5.41) is 0. The van der Waals surface area contributed by atoms with Crippen LogP contribution in [0.25, 0.3) is 0 Å². The highest BCUT2D eigenvalue weighted by molar-refractivity contribution is 7.92. The molecule has 2 rings (SSSR count). The molecule has 0 aliphatic carbocycles. The topological polar surface area (TPSA) is 75.7 Å². The van der Waals surface area contributed by atoms with Crippen molar-refractivity contribution < 1.29 is 17.9 Å². The summed E-state index contributed by atoms with van der Waals surface area (Å²) in [6.45, 7) is 5.39. The van der Waals surface area contributed by atoms with Crippen molar-refractivity contribution in [3.05, 3.63) is 24.3 Å². The van der Waals surface area contributed by atoms with Gasteiger partial charge in [-0.3, -0.25) is 9.52 Å². The summed E-state index contributed by atoms with van der Waals surface area (Å²) in [6.07, 6.45) is 4.36. The first-order valence-electron chi connectivity index (χ1n) is 8.84. The van der Waals surface area contributed by atoms with Crippen LogP contribution < -0.4 is 9.62 Å². The number of ether oxygens (including phenoxy) is 1. The van der Waals surface area contributed by atoms with E-state index in [4.69, 9.17) is 4.74 Å². The molecular formula is C18H28N2O4S. The zero-order valence-electron chi connectivity index (χ0n) is 15.2. The molecule has 0 radical (unpaired) electrons. The monoisotopic (exact) mass is 368 g/mol. The maximum atomic E-state index is 13.1. The summed E-state index contributed by atoms with van der Waals surface area (Å²) in [6, 6.07) is 7.13. The Bertz CT molecular complexity index is 663. The van der Waals surface area contributed by atoms with E-state index in [0.29, 0.717) is 18.9 Å². The fourth-order valence-electron chi connectivity index (χ4n) is 3.20. The summed E-state index contributed by atoms with van der Waals surface area (Å²) >= 11 is 0. The minimum Gasteiger partial charge on any atom is -0.381 e. The van der Waals surface area contributed by atoms with E-state index in [2.05, 4.69) is 4.72 Å². The number of anilines is 2. The second-order valence-corrected chi connectivity index (χ2v) is 8.23. The van der Waals surface area contributed by atoms with E-state index in [0.717, 1.165) is 37.6 Å². The van der Waals surface area contributed by atoms with Crippen molar-refractivity contribution in [1.29, 1.82) is 0 Å². The highest BCUT2D eigenvalue weighted by Gasteiger charge is 2.30. The first-order chi connectivity index (χ1) is 11.9. The second kappa shape index (κ2) is 8.67. The van der Waals surface area contributed by atoms with Gasteiger partial charge in [-0.05, 0) is 49.9 Å². The molecule has 0 bridgehead atoms. The van der Waals surface area contributed by atoms with E-state index in [1.165, 1.54) is 0 Å². The van der Waals surface area contributed by atoms with Crippen LogP contribution in [0.1, 0.15) is 39.5 Å². The lowest BCUT2D eigenvalue weighted by atomic mass is 9.98. The average Bonchev–Trinajstić information content (AvgIpc) is 2.57. The fourth-order valence-corrected chi connectivity index (χ4v) is 3.76. The maximum absolute atomic E-state index is 13.1. The van der Waals surface area contributed by atoms with Crippen LogP contribution in [-0.2, 0) is 19.6 Å². The van der Waals surface area contributed by atoms with E-state index in [1.807, 2.05) is 30.9 Å². The average molecular weight is 368 g/mol. The largest absolute Gasteiger partial charge is 0.381 e. The Balaban J connectivity index is 2.29. The number of benzene rings is 1. The Morgan fingerprint density at radius 3 is 2.24 bits per heavy atom. The Labute approximate surface area is 150 Å². The first kappa shape index (κ1) is 19.7. The number of hydrogen-bond donors (Lipinski definition) is 1. The van der Waals surface area contributed by atoms with Crippen molar-refractivity contribution >= 4 is 27.3 Å². The summed E-state index contributed by atoms with van der Waals surface area (Å²) in [5.74, 6) is 0.136. The number of nitrogens with zero attached hydrogens (tertiary/aromatic N) is 1. The van der Waals surface area contributed by atoms with Gasteiger partial charge in [0.15, 0.2) is 0 Å². The molecule has 1 saturated heterocycles. The third-order valence-electron chi connectivity index (χ3n) is 4.58. The molecular weight excluding hydrogens is 340 g/mol. The summed E-state index contributed by atoms with van der Waals surface area (Å²) in [4.78, 5) is 15.0. The lowest BCUT2D eigenvalue weighted by Gasteiger charge is -2.36. The minimum absolute atomic E-state index is 0.00309. The van der Waals surface area contributed by atoms with Gasteiger partial charge in [0.2, 0.25) is 15.9 Å². The van der Waals surface area contributed by atoms with Crippen LogP contribution in [0.2, 0.25) is 0 Å². The Kier molecular flexibility index (Phi) is 6.84. The van der Waals surface area contributed by atoms with Crippen LogP contribution in [0, 0.1) is 5.92 Å². The molecule has 0 aromatic heterocycles. The van der Waals surface area contributed by atoms with Crippen molar-refractivity contribution in [3.63, 3.8) is 0 Å². The van der Waals surface area contributed by atoms with Crippen LogP contribution in [0.15, 0.2) is 24.3 Å². The quantitative estimate of drug-likeness (QED) is 0.803. The normalized spacial score (nSPS) is 16.0. The molecule has 1 aromatic carbocycles. The summed E-state index contributed by atoms with van der Waals surface area (Å²) < 4.78 is 30.6. The van der Waals surface area contributed by atoms with Crippen LogP contribution >= 0.6 is 0 Å². The van der Waals surface area contributed by atoms with Crippen LogP contribution in [0.5, 0.6) is 0 Å². The predicted molar refractivity (Wildman–Crippen MR) is 100 cm³/mol.